The van der Waals surface area contributed by atoms with Crippen molar-refractivity contribution in [1.29, 1.82) is 0 Å². The van der Waals surface area contributed by atoms with Gasteiger partial charge in [0.1, 0.15) is 0 Å². The van der Waals surface area contributed by atoms with E-state index in [-0.39, 0.29) is 30.0 Å². The van der Waals surface area contributed by atoms with E-state index in [9.17, 15) is 14.4 Å². The molecule has 0 atom stereocenters. The first-order chi connectivity index (χ1) is 14.8. The Kier molecular flexibility index (Phi) is 7.57. The quantitative estimate of drug-likeness (QED) is 0.556. The van der Waals surface area contributed by atoms with Gasteiger partial charge in [0.15, 0.2) is 29.7 Å². The molecule has 0 bridgehead atoms. The van der Waals surface area contributed by atoms with E-state index in [0.717, 1.165) is 0 Å². The number of hydrogen-bond acceptors (Lipinski definition) is 5. The molecule has 1 aliphatic rings. The van der Waals surface area contributed by atoms with Crippen LogP contribution in [0.15, 0.2) is 36.4 Å². The van der Waals surface area contributed by atoms with Crippen LogP contribution in [0.1, 0.15) is 40.5 Å². The van der Waals surface area contributed by atoms with Crippen LogP contribution in [-0.4, -0.2) is 49.2 Å². The van der Waals surface area contributed by atoms with E-state index < -0.39 is 0 Å². The Morgan fingerprint density at radius 1 is 0.968 bits per heavy atom. The van der Waals surface area contributed by atoms with Crippen LogP contribution in [0, 0.1) is 5.92 Å². The largest absolute Gasteiger partial charge is 0.493 e. The van der Waals surface area contributed by atoms with Gasteiger partial charge in [0.25, 0.3) is 5.91 Å². The molecule has 31 heavy (non-hydrogen) atoms. The van der Waals surface area contributed by atoms with Gasteiger partial charge in [-0.1, -0.05) is 23.2 Å². The maximum absolute atomic E-state index is 12.7. The first-order valence-corrected chi connectivity index (χ1v) is 10.6. The molecular formula is C23H23Cl2NO5. The number of piperidine rings is 1. The number of benzene rings is 2. The molecule has 2 aromatic rings. The Labute approximate surface area is 191 Å². The number of hydrogen-bond donors (Lipinski definition) is 0. The molecule has 3 rings (SSSR count). The number of carbonyl (C=O) groups is 3. The van der Waals surface area contributed by atoms with Gasteiger partial charge >= 0.3 is 0 Å². The first-order valence-electron chi connectivity index (χ1n) is 9.89. The van der Waals surface area contributed by atoms with Crippen LogP contribution in [-0.2, 0) is 4.79 Å². The van der Waals surface area contributed by atoms with E-state index in [1.54, 1.807) is 41.3 Å². The molecule has 0 saturated carbocycles. The monoisotopic (exact) mass is 463 g/mol. The van der Waals surface area contributed by atoms with Crippen LogP contribution in [0.4, 0.5) is 0 Å². The molecule has 1 heterocycles. The number of carbonyl (C=O) groups excluding carboxylic acids is 3. The second-order valence-corrected chi connectivity index (χ2v) is 8.17. The highest BCUT2D eigenvalue weighted by atomic mass is 35.5. The molecule has 1 saturated heterocycles. The van der Waals surface area contributed by atoms with Crippen molar-refractivity contribution in [2.75, 3.05) is 26.8 Å². The summed E-state index contributed by atoms with van der Waals surface area (Å²) in [5.74, 6) is 0.382. The van der Waals surface area contributed by atoms with Crippen LogP contribution < -0.4 is 9.47 Å². The van der Waals surface area contributed by atoms with Crippen molar-refractivity contribution >= 4 is 40.7 Å². The summed E-state index contributed by atoms with van der Waals surface area (Å²) in [6.07, 6.45) is 1.14. The van der Waals surface area contributed by atoms with Crippen LogP contribution >= 0.6 is 23.2 Å². The second kappa shape index (κ2) is 10.2. The molecule has 0 aromatic heterocycles. The predicted molar refractivity (Wildman–Crippen MR) is 119 cm³/mol. The summed E-state index contributed by atoms with van der Waals surface area (Å²) >= 11 is 11.9. The number of halogens is 2. The van der Waals surface area contributed by atoms with E-state index in [1.807, 2.05) is 0 Å². The van der Waals surface area contributed by atoms with Gasteiger partial charge < -0.3 is 14.4 Å². The number of likely N-dealkylation sites (tertiary alicyclic amines) is 1. The maximum Gasteiger partial charge on any atom is 0.260 e. The summed E-state index contributed by atoms with van der Waals surface area (Å²) in [4.78, 5) is 38.5. The minimum absolute atomic E-state index is 0.0113. The lowest BCUT2D eigenvalue weighted by molar-refractivity contribution is -0.134. The third-order valence-electron chi connectivity index (χ3n) is 5.34. The molecule has 8 heteroatoms. The molecule has 0 N–H and O–H groups in total. The van der Waals surface area contributed by atoms with Crippen molar-refractivity contribution in [3.05, 3.63) is 57.6 Å². The Hall–Kier alpha value is -2.57. The van der Waals surface area contributed by atoms with Crippen molar-refractivity contribution in [2.45, 2.75) is 19.8 Å². The highest BCUT2D eigenvalue weighted by Gasteiger charge is 2.28. The first kappa shape index (κ1) is 23.1. The molecule has 1 fully saturated rings. The van der Waals surface area contributed by atoms with Gasteiger partial charge in [-0.25, -0.2) is 0 Å². The van der Waals surface area contributed by atoms with E-state index in [2.05, 4.69) is 0 Å². The van der Waals surface area contributed by atoms with Crippen LogP contribution in [0.25, 0.3) is 0 Å². The smallest absolute Gasteiger partial charge is 0.260 e. The van der Waals surface area contributed by atoms with Crippen LogP contribution in [0.5, 0.6) is 11.5 Å². The number of methoxy groups -OCH3 is 1. The predicted octanol–water partition coefficient (Wildman–Crippen LogP) is 4.70. The summed E-state index contributed by atoms with van der Waals surface area (Å²) in [5, 5.41) is 0.759. The van der Waals surface area contributed by atoms with Crippen molar-refractivity contribution in [3.8, 4) is 11.5 Å². The summed E-state index contributed by atoms with van der Waals surface area (Å²) in [6, 6.07) is 9.71. The zero-order valence-electron chi connectivity index (χ0n) is 17.3. The average molecular weight is 464 g/mol. The van der Waals surface area contributed by atoms with Gasteiger partial charge in [0, 0.05) is 30.1 Å². The molecule has 0 unspecified atom stereocenters. The number of Topliss-reactive ketones (excluding diaryl/α,β-unsaturated/α-hetero) is 2. The molecule has 6 nitrogen and oxygen atoms in total. The van der Waals surface area contributed by atoms with Crippen LogP contribution in [0.3, 0.4) is 0 Å². The zero-order valence-corrected chi connectivity index (χ0v) is 18.8. The summed E-state index contributed by atoms with van der Waals surface area (Å²) in [5.41, 5.74) is 1.04. The molecule has 164 valence electrons. The van der Waals surface area contributed by atoms with Crippen molar-refractivity contribution in [2.24, 2.45) is 5.92 Å². The third kappa shape index (κ3) is 5.57. The molecule has 1 aliphatic heterocycles. The lowest BCUT2D eigenvalue weighted by atomic mass is 9.89. The fourth-order valence-electron chi connectivity index (χ4n) is 3.51. The zero-order chi connectivity index (χ0) is 22.5. The van der Waals surface area contributed by atoms with Gasteiger partial charge in [0.2, 0.25) is 0 Å². The SMILES string of the molecule is COc1cc(C(C)=O)ccc1OCC(=O)N1CCC(C(=O)c2ccc(Cl)c(Cl)c2)CC1. The number of ether oxygens (including phenoxy) is 2. The van der Waals surface area contributed by atoms with E-state index in [4.69, 9.17) is 32.7 Å². The number of nitrogens with zero attached hydrogens (tertiary/aromatic N) is 1. The molecule has 0 aliphatic carbocycles. The van der Waals surface area contributed by atoms with Gasteiger partial charge in [-0.05, 0) is 56.2 Å². The van der Waals surface area contributed by atoms with Crippen molar-refractivity contribution < 1.29 is 23.9 Å². The van der Waals surface area contributed by atoms with Gasteiger partial charge in [-0.2, -0.15) is 0 Å². The fraction of sp³-hybridized carbons (Fsp3) is 0.348. The number of ketones is 2. The highest BCUT2D eigenvalue weighted by Crippen LogP contribution is 2.29. The third-order valence-corrected chi connectivity index (χ3v) is 6.08. The summed E-state index contributed by atoms with van der Waals surface area (Å²) in [6.45, 7) is 2.26. The lowest BCUT2D eigenvalue weighted by Gasteiger charge is -2.31. The molecule has 0 radical (unpaired) electrons. The second-order valence-electron chi connectivity index (χ2n) is 7.36. The van der Waals surface area contributed by atoms with E-state index in [0.29, 0.717) is 58.6 Å². The highest BCUT2D eigenvalue weighted by molar-refractivity contribution is 6.42. The van der Waals surface area contributed by atoms with E-state index >= 15 is 0 Å². The van der Waals surface area contributed by atoms with Gasteiger partial charge in [0.05, 0.1) is 17.2 Å². The van der Waals surface area contributed by atoms with Crippen molar-refractivity contribution in [3.63, 3.8) is 0 Å². The minimum Gasteiger partial charge on any atom is -0.493 e. The van der Waals surface area contributed by atoms with Gasteiger partial charge in [-0.3, -0.25) is 14.4 Å². The normalized spacial score (nSPS) is 14.3. The van der Waals surface area contributed by atoms with Gasteiger partial charge in [-0.15, -0.1) is 0 Å². The van der Waals surface area contributed by atoms with Crippen LogP contribution in [0.2, 0.25) is 10.0 Å². The summed E-state index contributed by atoms with van der Waals surface area (Å²) < 4.78 is 10.9. The fourth-order valence-corrected chi connectivity index (χ4v) is 3.81. The van der Waals surface area contributed by atoms with Crippen molar-refractivity contribution in [1.82, 2.24) is 4.90 Å². The number of rotatable bonds is 7. The summed E-state index contributed by atoms with van der Waals surface area (Å²) in [7, 11) is 1.48. The minimum atomic E-state index is -0.168. The maximum atomic E-state index is 12.7. The lowest BCUT2D eigenvalue weighted by Crippen LogP contribution is -2.42. The number of amides is 1. The molecule has 0 spiro atoms. The Balaban J connectivity index is 1.54. The topological polar surface area (TPSA) is 72.9 Å². The van der Waals surface area contributed by atoms with E-state index in [1.165, 1.54) is 14.0 Å². The average Bonchev–Trinajstić information content (AvgIpc) is 2.78. The molecule has 2 aromatic carbocycles. The standard InChI is InChI=1S/C23H23Cl2NO5/c1-14(27)16-4-6-20(21(12-16)30-2)31-13-22(28)26-9-7-15(8-10-26)23(29)17-3-5-18(24)19(25)11-17/h3-6,11-12,15H,7-10,13H2,1-2H3. The molecule has 1 amide bonds. The Morgan fingerprint density at radius 2 is 1.65 bits per heavy atom. The molecular weight excluding hydrogens is 441 g/mol. The Morgan fingerprint density at radius 3 is 2.26 bits per heavy atom. The Bertz CT molecular complexity index is 999.